The van der Waals surface area contributed by atoms with E-state index in [4.69, 9.17) is 4.74 Å². The lowest BCUT2D eigenvalue weighted by atomic mass is 9.77. The van der Waals surface area contributed by atoms with Gasteiger partial charge in [0.1, 0.15) is 0 Å². The van der Waals surface area contributed by atoms with Gasteiger partial charge in [-0.05, 0) is 25.7 Å². The first-order valence-electron chi connectivity index (χ1n) is 4.88. The number of amides is 1. The van der Waals surface area contributed by atoms with E-state index in [0.29, 0.717) is 18.8 Å². The fourth-order valence-electron chi connectivity index (χ4n) is 2.82. The predicted octanol–water partition coefficient (Wildman–Crippen LogP) is 0.546. The molecule has 2 aliphatic heterocycles. The van der Waals surface area contributed by atoms with Crippen molar-refractivity contribution in [2.75, 3.05) is 6.54 Å². The van der Waals surface area contributed by atoms with Gasteiger partial charge in [-0.2, -0.15) is 0 Å². The number of hydrogen-bond acceptors (Lipinski definition) is 3. The van der Waals surface area contributed by atoms with Crippen molar-refractivity contribution in [3.8, 4) is 0 Å². The number of epoxide rings is 1. The van der Waals surface area contributed by atoms with Crippen LogP contribution in [0.2, 0.25) is 0 Å². The molecule has 4 heteroatoms. The summed E-state index contributed by atoms with van der Waals surface area (Å²) in [6.45, 7) is 0.497. The Balaban J connectivity index is 1.85. The Morgan fingerprint density at radius 1 is 1.46 bits per heavy atom. The van der Waals surface area contributed by atoms with E-state index in [1.165, 1.54) is 0 Å². The van der Waals surface area contributed by atoms with E-state index < -0.39 is 0 Å². The standard InChI is InChI=1S/C9H13NO3/c11-8-9(2-1-3-10(8)12)4-6-7(5-9)13-6/h6-7,12H,1-5H2/t6-,7+,9?. The van der Waals surface area contributed by atoms with Crippen molar-refractivity contribution in [1.82, 2.24) is 5.06 Å². The molecule has 1 aliphatic carbocycles. The molecule has 2 saturated heterocycles. The van der Waals surface area contributed by atoms with Gasteiger partial charge in [-0.1, -0.05) is 0 Å². The number of hydrogen-bond donors (Lipinski definition) is 1. The lowest BCUT2D eigenvalue weighted by Crippen LogP contribution is -2.46. The van der Waals surface area contributed by atoms with Gasteiger partial charge in [0, 0.05) is 6.54 Å². The Kier molecular flexibility index (Phi) is 1.34. The molecule has 3 atom stereocenters. The lowest BCUT2D eigenvalue weighted by Gasteiger charge is -2.36. The van der Waals surface area contributed by atoms with E-state index in [2.05, 4.69) is 0 Å². The predicted molar refractivity (Wildman–Crippen MR) is 43.1 cm³/mol. The number of piperidine rings is 1. The molecule has 0 aromatic carbocycles. The van der Waals surface area contributed by atoms with Crippen molar-refractivity contribution in [1.29, 1.82) is 0 Å². The third-order valence-corrected chi connectivity index (χ3v) is 3.58. The van der Waals surface area contributed by atoms with Crippen LogP contribution >= 0.6 is 0 Å². The Morgan fingerprint density at radius 2 is 2.15 bits per heavy atom. The van der Waals surface area contributed by atoms with Gasteiger partial charge in [-0.15, -0.1) is 0 Å². The third-order valence-electron chi connectivity index (χ3n) is 3.58. The Labute approximate surface area is 76.4 Å². The van der Waals surface area contributed by atoms with Gasteiger partial charge in [-0.3, -0.25) is 10.0 Å². The third kappa shape index (κ3) is 0.957. The maximum atomic E-state index is 11.7. The number of carbonyl (C=O) groups is 1. The SMILES string of the molecule is O=C1N(O)CCCC12C[C@@H]1O[C@@H]1C2. The van der Waals surface area contributed by atoms with Gasteiger partial charge in [0.25, 0.3) is 5.91 Å². The Bertz CT molecular complexity index is 256. The summed E-state index contributed by atoms with van der Waals surface area (Å²) < 4.78 is 5.31. The van der Waals surface area contributed by atoms with E-state index in [-0.39, 0.29) is 11.3 Å². The van der Waals surface area contributed by atoms with Gasteiger partial charge in [-0.25, -0.2) is 5.06 Å². The average Bonchev–Trinajstić information content (AvgIpc) is 2.71. The highest BCUT2D eigenvalue weighted by atomic mass is 16.6. The largest absolute Gasteiger partial charge is 0.370 e. The van der Waals surface area contributed by atoms with Gasteiger partial charge in [0.15, 0.2) is 0 Å². The van der Waals surface area contributed by atoms with Crippen LogP contribution in [0.25, 0.3) is 0 Å². The molecule has 1 spiro atoms. The van der Waals surface area contributed by atoms with Crippen molar-refractivity contribution < 1.29 is 14.7 Å². The van der Waals surface area contributed by atoms with Gasteiger partial charge >= 0.3 is 0 Å². The van der Waals surface area contributed by atoms with Crippen LogP contribution in [0.1, 0.15) is 25.7 Å². The number of rotatable bonds is 0. The Morgan fingerprint density at radius 3 is 2.85 bits per heavy atom. The van der Waals surface area contributed by atoms with Crippen LogP contribution in [0.4, 0.5) is 0 Å². The fourth-order valence-corrected chi connectivity index (χ4v) is 2.82. The molecule has 1 saturated carbocycles. The number of nitrogens with zero attached hydrogens (tertiary/aromatic N) is 1. The van der Waals surface area contributed by atoms with E-state index >= 15 is 0 Å². The molecular weight excluding hydrogens is 170 g/mol. The molecule has 3 aliphatic rings. The average molecular weight is 183 g/mol. The maximum absolute atomic E-state index is 11.7. The summed E-state index contributed by atoms with van der Waals surface area (Å²) in [7, 11) is 0. The van der Waals surface area contributed by atoms with Crippen LogP contribution in [-0.4, -0.2) is 34.9 Å². The minimum atomic E-state index is -0.263. The van der Waals surface area contributed by atoms with E-state index in [9.17, 15) is 10.0 Å². The second-order valence-electron chi connectivity index (χ2n) is 4.43. The molecule has 0 bridgehead atoms. The van der Waals surface area contributed by atoms with Crippen molar-refractivity contribution in [3.63, 3.8) is 0 Å². The summed E-state index contributed by atoms with van der Waals surface area (Å²) in [6, 6.07) is 0. The molecule has 72 valence electrons. The Hall–Kier alpha value is -0.610. The van der Waals surface area contributed by atoms with E-state index in [1.807, 2.05) is 0 Å². The molecule has 1 amide bonds. The first-order chi connectivity index (χ1) is 6.21. The number of ether oxygens (including phenoxy) is 1. The highest BCUT2D eigenvalue weighted by Crippen LogP contribution is 2.54. The molecule has 2 heterocycles. The van der Waals surface area contributed by atoms with E-state index in [1.54, 1.807) is 0 Å². The number of carbonyl (C=O) groups excluding carboxylic acids is 1. The second kappa shape index (κ2) is 2.25. The quantitative estimate of drug-likeness (QED) is 0.440. The van der Waals surface area contributed by atoms with Gasteiger partial charge < -0.3 is 4.74 Å². The lowest BCUT2D eigenvalue weighted by molar-refractivity contribution is -0.186. The maximum Gasteiger partial charge on any atom is 0.252 e. The molecule has 1 N–H and O–H groups in total. The van der Waals surface area contributed by atoms with Crippen molar-refractivity contribution >= 4 is 5.91 Å². The van der Waals surface area contributed by atoms with E-state index in [0.717, 1.165) is 30.7 Å². The monoisotopic (exact) mass is 183 g/mol. The summed E-state index contributed by atoms with van der Waals surface area (Å²) in [6.07, 6.45) is 4.13. The minimum Gasteiger partial charge on any atom is -0.370 e. The highest BCUT2D eigenvalue weighted by Gasteiger charge is 2.60. The molecule has 0 aromatic rings. The summed E-state index contributed by atoms with van der Waals surface area (Å²) in [5.41, 5.74) is -0.263. The van der Waals surface area contributed by atoms with Crippen LogP contribution in [-0.2, 0) is 9.53 Å². The van der Waals surface area contributed by atoms with Crippen LogP contribution in [0.15, 0.2) is 0 Å². The van der Waals surface area contributed by atoms with Crippen LogP contribution in [0.5, 0.6) is 0 Å². The molecule has 13 heavy (non-hydrogen) atoms. The van der Waals surface area contributed by atoms with Gasteiger partial charge in [0.05, 0.1) is 17.6 Å². The van der Waals surface area contributed by atoms with Crippen LogP contribution in [0.3, 0.4) is 0 Å². The zero-order valence-electron chi connectivity index (χ0n) is 7.40. The van der Waals surface area contributed by atoms with Crippen molar-refractivity contribution in [3.05, 3.63) is 0 Å². The molecule has 1 unspecified atom stereocenters. The molecule has 0 radical (unpaired) electrons. The van der Waals surface area contributed by atoms with Crippen molar-refractivity contribution in [2.24, 2.45) is 5.41 Å². The zero-order chi connectivity index (χ0) is 9.05. The molecule has 3 fully saturated rings. The molecule has 4 nitrogen and oxygen atoms in total. The molecule has 0 aromatic heterocycles. The van der Waals surface area contributed by atoms with Crippen LogP contribution < -0.4 is 0 Å². The van der Waals surface area contributed by atoms with Gasteiger partial charge in [0.2, 0.25) is 0 Å². The zero-order valence-corrected chi connectivity index (χ0v) is 7.40. The number of hydroxylamine groups is 2. The highest BCUT2D eigenvalue weighted by molar-refractivity contribution is 5.83. The molecule has 3 rings (SSSR count). The molecular formula is C9H13NO3. The van der Waals surface area contributed by atoms with Crippen LogP contribution in [0, 0.1) is 5.41 Å². The smallest absolute Gasteiger partial charge is 0.252 e. The number of fused-ring (bicyclic) bond motifs is 1. The minimum absolute atomic E-state index is 0.0745. The normalized spacial score (nSPS) is 48.4. The summed E-state index contributed by atoms with van der Waals surface area (Å²) >= 11 is 0. The first kappa shape index (κ1) is 7.76. The first-order valence-corrected chi connectivity index (χ1v) is 4.88. The topological polar surface area (TPSA) is 53.1 Å². The summed E-state index contributed by atoms with van der Waals surface area (Å²) in [5, 5.41) is 10.2. The fraction of sp³-hybridized carbons (Fsp3) is 0.889. The second-order valence-corrected chi connectivity index (χ2v) is 4.43. The summed E-state index contributed by atoms with van der Waals surface area (Å²) in [4.78, 5) is 11.7. The van der Waals surface area contributed by atoms with Crippen molar-refractivity contribution in [2.45, 2.75) is 37.9 Å². The summed E-state index contributed by atoms with van der Waals surface area (Å²) in [5.74, 6) is -0.0745.